The lowest BCUT2D eigenvalue weighted by molar-refractivity contribution is 0.117. The van der Waals surface area contributed by atoms with Crippen LogP contribution in [-0.4, -0.2) is 50.3 Å². The van der Waals surface area contributed by atoms with Crippen LogP contribution in [0.3, 0.4) is 0 Å². The minimum Gasteiger partial charge on any atom is -0.380 e. The minimum atomic E-state index is 0.489. The number of likely N-dealkylation sites (tertiary alicyclic amines) is 1. The van der Waals surface area contributed by atoms with E-state index in [1.54, 1.807) is 0 Å². The van der Waals surface area contributed by atoms with E-state index in [4.69, 9.17) is 4.74 Å². The normalized spacial score (nSPS) is 22.5. The number of hydrogen-bond acceptors (Lipinski definition) is 3. The quantitative estimate of drug-likeness (QED) is 0.719. The highest BCUT2D eigenvalue weighted by Gasteiger charge is 2.17. The Kier molecular flexibility index (Phi) is 5.45. The first-order valence-corrected chi connectivity index (χ1v) is 5.74. The summed E-state index contributed by atoms with van der Waals surface area (Å²) in [5.74, 6) is 0. The molecule has 1 unspecified atom stereocenters. The molecule has 1 N–H and O–H groups in total. The van der Waals surface area contributed by atoms with Gasteiger partial charge in [-0.2, -0.15) is 0 Å². The van der Waals surface area contributed by atoms with Gasteiger partial charge in [-0.25, -0.2) is 0 Å². The van der Waals surface area contributed by atoms with E-state index in [-0.39, 0.29) is 0 Å². The first kappa shape index (κ1) is 12.0. The van der Waals surface area contributed by atoms with Gasteiger partial charge in [0.1, 0.15) is 0 Å². The molecule has 0 aromatic carbocycles. The molecule has 1 fully saturated rings. The number of nitrogens with one attached hydrogen (secondary N) is 1. The largest absolute Gasteiger partial charge is 0.380 e. The SMILES string of the molecule is CCOCC(C)NC1CCN(C)CC1. The van der Waals surface area contributed by atoms with Gasteiger partial charge in [0, 0.05) is 18.7 Å². The van der Waals surface area contributed by atoms with E-state index in [1.165, 1.54) is 25.9 Å². The van der Waals surface area contributed by atoms with E-state index in [2.05, 4.69) is 24.2 Å². The maximum Gasteiger partial charge on any atom is 0.0616 e. The van der Waals surface area contributed by atoms with Crippen LogP contribution in [0.15, 0.2) is 0 Å². The number of hydrogen-bond donors (Lipinski definition) is 1. The molecule has 1 aliphatic heterocycles. The predicted octanol–water partition coefficient (Wildman–Crippen LogP) is 1.10. The van der Waals surface area contributed by atoms with Gasteiger partial charge in [0.05, 0.1) is 6.61 Å². The summed E-state index contributed by atoms with van der Waals surface area (Å²) in [6.45, 7) is 8.34. The summed E-state index contributed by atoms with van der Waals surface area (Å²) in [7, 11) is 2.19. The Morgan fingerprint density at radius 3 is 2.64 bits per heavy atom. The van der Waals surface area contributed by atoms with Crippen LogP contribution in [0, 0.1) is 0 Å². The highest BCUT2D eigenvalue weighted by Crippen LogP contribution is 2.08. The molecule has 3 heteroatoms. The van der Waals surface area contributed by atoms with Crippen molar-refractivity contribution in [1.82, 2.24) is 10.2 Å². The third kappa shape index (κ3) is 4.40. The maximum absolute atomic E-state index is 5.39. The summed E-state index contributed by atoms with van der Waals surface area (Å²) in [5.41, 5.74) is 0. The van der Waals surface area contributed by atoms with E-state index < -0.39 is 0 Å². The summed E-state index contributed by atoms with van der Waals surface area (Å²) in [4.78, 5) is 2.39. The third-order valence-electron chi connectivity index (χ3n) is 2.81. The summed E-state index contributed by atoms with van der Waals surface area (Å²) in [5, 5.41) is 3.62. The fourth-order valence-corrected chi connectivity index (χ4v) is 1.92. The summed E-state index contributed by atoms with van der Waals surface area (Å²) in [6, 6.07) is 1.19. The Labute approximate surface area is 87.8 Å². The van der Waals surface area contributed by atoms with E-state index in [0.29, 0.717) is 12.1 Å². The van der Waals surface area contributed by atoms with E-state index in [9.17, 15) is 0 Å². The predicted molar refractivity (Wildman–Crippen MR) is 59.6 cm³/mol. The monoisotopic (exact) mass is 200 g/mol. The maximum atomic E-state index is 5.39. The molecule has 0 saturated carbocycles. The Morgan fingerprint density at radius 2 is 2.07 bits per heavy atom. The highest BCUT2D eigenvalue weighted by atomic mass is 16.5. The van der Waals surface area contributed by atoms with E-state index >= 15 is 0 Å². The van der Waals surface area contributed by atoms with Crippen LogP contribution >= 0.6 is 0 Å². The lowest BCUT2D eigenvalue weighted by Gasteiger charge is -2.31. The fourth-order valence-electron chi connectivity index (χ4n) is 1.92. The van der Waals surface area contributed by atoms with E-state index in [0.717, 1.165) is 13.2 Å². The van der Waals surface area contributed by atoms with Crippen molar-refractivity contribution < 1.29 is 4.74 Å². The second-order valence-corrected chi connectivity index (χ2v) is 4.30. The molecular formula is C11H24N2O. The van der Waals surface area contributed by atoms with Crippen LogP contribution in [0.4, 0.5) is 0 Å². The Morgan fingerprint density at radius 1 is 1.43 bits per heavy atom. The molecule has 1 heterocycles. The zero-order valence-corrected chi connectivity index (χ0v) is 9.75. The molecule has 0 aliphatic carbocycles. The van der Waals surface area contributed by atoms with Crippen molar-refractivity contribution in [2.75, 3.05) is 33.4 Å². The third-order valence-corrected chi connectivity index (χ3v) is 2.81. The molecular weight excluding hydrogens is 176 g/mol. The number of rotatable bonds is 5. The second kappa shape index (κ2) is 6.38. The Bertz CT molecular complexity index is 144. The molecule has 0 amide bonds. The molecule has 0 spiro atoms. The van der Waals surface area contributed by atoms with E-state index in [1.807, 2.05) is 6.92 Å². The van der Waals surface area contributed by atoms with Crippen LogP contribution in [0.25, 0.3) is 0 Å². The summed E-state index contributed by atoms with van der Waals surface area (Å²) >= 11 is 0. The average molecular weight is 200 g/mol. The lowest BCUT2D eigenvalue weighted by Crippen LogP contribution is -2.45. The van der Waals surface area contributed by atoms with Gasteiger partial charge in [-0.15, -0.1) is 0 Å². The van der Waals surface area contributed by atoms with Crippen LogP contribution in [0.2, 0.25) is 0 Å². The standard InChI is InChI=1S/C11H24N2O/c1-4-14-9-10(2)12-11-5-7-13(3)8-6-11/h10-12H,4-9H2,1-3H3. The van der Waals surface area contributed by atoms with Crippen molar-refractivity contribution in [2.45, 2.75) is 38.8 Å². The van der Waals surface area contributed by atoms with Crippen LogP contribution in [0.5, 0.6) is 0 Å². The van der Waals surface area contributed by atoms with Gasteiger partial charge >= 0.3 is 0 Å². The average Bonchev–Trinajstić information content (AvgIpc) is 2.18. The molecule has 0 radical (unpaired) electrons. The first-order valence-electron chi connectivity index (χ1n) is 5.74. The smallest absolute Gasteiger partial charge is 0.0616 e. The zero-order valence-electron chi connectivity index (χ0n) is 9.75. The number of ether oxygens (including phenoxy) is 1. The highest BCUT2D eigenvalue weighted by molar-refractivity contribution is 4.77. The molecule has 14 heavy (non-hydrogen) atoms. The van der Waals surface area contributed by atoms with Crippen molar-refractivity contribution in [1.29, 1.82) is 0 Å². The molecule has 1 rings (SSSR count). The van der Waals surface area contributed by atoms with Gasteiger partial charge in [0.25, 0.3) is 0 Å². The molecule has 3 nitrogen and oxygen atoms in total. The lowest BCUT2D eigenvalue weighted by atomic mass is 10.0. The molecule has 84 valence electrons. The summed E-state index contributed by atoms with van der Waals surface area (Å²) < 4.78 is 5.39. The Hall–Kier alpha value is -0.120. The molecule has 0 aromatic rings. The van der Waals surface area contributed by atoms with Crippen LogP contribution < -0.4 is 5.32 Å². The van der Waals surface area contributed by atoms with Gasteiger partial charge in [-0.05, 0) is 46.8 Å². The van der Waals surface area contributed by atoms with Gasteiger partial charge in [0.2, 0.25) is 0 Å². The van der Waals surface area contributed by atoms with Crippen molar-refractivity contribution in [3.8, 4) is 0 Å². The van der Waals surface area contributed by atoms with Crippen LogP contribution in [-0.2, 0) is 4.74 Å². The van der Waals surface area contributed by atoms with Gasteiger partial charge in [-0.1, -0.05) is 0 Å². The molecule has 1 atom stereocenters. The minimum absolute atomic E-state index is 0.489. The van der Waals surface area contributed by atoms with Crippen LogP contribution in [0.1, 0.15) is 26.7 Å². The Balaban J connectivity index is 2.10. The van der Waals surface area contributed by atoms with Crippen molar-refractivity contribution in [3.05, 3.63) is 0 Å². The van der Waals surface area contributed by atoms with Crippen molar-refractivity contribution in [3.63, 3.8) is 0 Å². The molecule has 0 bridgehead atoms. The first-order chi connectivity index (χ1) is 6.72. The number of nitrogens with zero attached hydrogens (tertiary/aromatic N) is 1. The second-order valence-electron chi connectivity index (χ2n) is 4.30. The molecule has 0 aromatic heterocycles. The van der Waals surface area contributed by atoms with Gasteiger partial charge in [-0.3, -0.25) is 0 Å². The molecule has 1 saturated heterocycles. The zero-order chi connectivity index (χ0) is 10.4. The fraction of sp³-hybridized carbons (Fsp3) is 1.00. The number of piperidine rings is 1. The summed E-state index contributed by atoms with van der Waals surface area (Å²) in [6.07, 6.45) is 2.54. The van der Waals surface area contributed by atoms with Gasteiger partial charge in [0.15, 0.2) is 0 Å². The van der Waals surface area contributed by atoms with Crippen molar-refractivity contribution >= 4 is 0 Å². The van der Waals surface area contributed by atoms with Gasteiger partial charge < -0.3 is 15.0 Å². The molecule has 1 aliphatic rings. The topological polar surface area (TPSA) is 24.5 Å². The van der Waals surface area contributed by atoms with Crippen molar-refractivity contribution in [2.24, 2.45) is 0 Å².